The maximum atomic E-state index is 13.4. The topological polar surface area (TPSA) is 179 Å². The van der Waals surface area contributed by atoms with Gasteiger partial charge in [0, 0.05) is 18.3 Å². The molecule has 1 heterocycles. The number of carboxylic acids is 1. The summed E-state index contributed by atoms with van der Waals surface area (Å²) in [6, 6.07) is 5.30. The highest BCUT2D eigenvalue weighted by atomic mass is 32.2. The summed E-state index contributed by atoms with van der Waals surface area (Å²) in [5.74, 6) is -2.25. The third-order valence-electron chi connectivity index (χ3n) is 5.81. The Bertz CT molecular complexity index is 1030. The van der Waals surface area contributed by atoms with E-state index in [-0.39, 0.29) is 31.6 Å². The summed E-state index contributed by atoms with van der Waals surface area (Å²) in [7, 11) is 0. The van der Waals surface area contributed by atoms with Crippen molar-refractivity contribution in [3.63, 3.8) is 0 Å². The van der Waals surface area contributed by atoms with Crippen LogP contribution in [0.25, 0.3) is 0 Å². The first-order valence-corrected chi connectivity index (χ1v) is 13.9. The van der Waals surface area contributed by atoms with Crippen LogP contribution in [0.1, 0.15) is 37.9 Å². The number of H-pyrrole nitrogens is 1. The van der Waals surface area contributed by atoms with Gasteiger partial charge in [-0.25, -0.2) is 9.78 Å². The van der Waals surface area contributed by atoms with E-state index in [1.54, 1.807) is 0 Å². The molecule has 1 aromatic carbocycles. The Morgan fingerprint density at radius 3 is 2.18 bits per heavy atom. The summed E-state index contributed by atoms with van der Waals surface area (Å²) >= 11 is 1.48. The van der Waals surface area contributed by atoms with E-state index in [4.69, 9.17) is 5.73 Å². The molecule has 12 heteroatoms. The van der Waals surface area contributed by atoms with Crippen LogP contribution in [0.15, 0.2) is 42.9 Å². The largest absolute Gasteiger partial charge is 0.480 e. The molecule has 3 amide bonds. The van der Waals surface area contributed by atoms with Crippen molar-refractivity contribution in [1.82, 2.24) is 25.9 Å². The van der Waals surface area contributed by atoms with Crippen molar-refractivity contribution in [2.24, 2.45) is 11.7 Å². The number of nitrogens with one attached hydrogen (secondary N) is 4. The molecule has 11 nitrogen and oxygen atoms in total. The molecule has 0 saturated carbocycles. The third-order valence-corrected chi connectivity index (χ3v) is 6.46. The number of carbonyl (C=O) groups is 4. The summed E-state index contributed by atoms with van der Waals surface area (Å²) < 4.78 is 0. The van der Waals surface area contributed by atoms with E-state index in [2.05, 4.69) is 25.9 Å². The molecule has 4 unspecified atom stereocenters. The second kappa shape index (κ2) is 15.8. The van der Waals surface area contributed by atoms with E-state index in [1.807, 2.05) is 50.4 Å². The summed E-state index contributed by atoms with van der Waals surface area (Å²) in [6.45, 7) is 3.78. The van der Waals surface area contributed by atoms with Gasteiger partial charge in [0.05, 0.1) is 12.4 Å². The molecule has 208 valence electrons. The molecule has 4 atom stereocenters. The lowest BCUT2D eigenvalue weighted by atomic mass is 10.0. The minimum absolute atomic E-state index is 0.0282. The van der Waals surface area contributed by atoms with Gasteiger partial charge in [-0.1, -0.05) is 44.2 Å². The molecular weight excluding hydrogens is 508 g/mol. The third kappa shape index (κ3) is 10.5. The quantitative estimate of drug-likeness (QED) is 0.179. The highest BCUT2D eigenvalue weighted by molar-refractivity contribution is 7.98. The number of imidazole rings is 1. The first-order chi connectivity index (χ1) is 18.1. The number of carboxylic acid groups (broad SMARTS) is 1. The van der Waals surface area contributed by atoms with Crippen LogP contribution >= 0.6 is 11.8 Å². The van der Waals surface area contributed by atoms with Gasteiger partial charge in [-0.05, 0) is 42.8 Å². The molecule has 2 rings (SSSR count). The Morgan fingerprint density at radius 2 is 1.61 bits per heavy atom. The van der Waals surface area contributed by atoms with Crippen molar-refractivity contribution in [3.05, 3.63) is 54.1 Å². The molecule has 7 N–H and O–H groups in total. The van der Waals surface area contributed by atoms with Gasteiger partial charge in [0.25, 0.3) is 0 Å². The van der Waals surface area contributed by atoms with Crippen molar-refractivity contribution < 1.29 is 24.3 Å². The molecule has 0 saturated heterocycles. The smallest absolute Gasteiger partial charge is 0.326 e. The Balaban J connectivity index is 2.16. The molecule has 1 aromatic heterocycles. The number of hydrogen-bond acceptors (Lipinski definition) is 7. The van der Waals surface area contributed by atoms with Gasteiger partial charge >= 0.3 is 5.97 Å². The highest BCUT2D eigenvalue weighted by Gasteiger charge is 2.31. The van der Waals surface area contributed by atoms with Gasteiger partial charge in [-0.3, -0.25) is 14.4 Å². The monoisotopic (exact) mass is 546 g/mol. The minimum Gasteiger partial charge on any atom is -0.480 e. The zero-order valence-corrected chi connectivity index (χ0v) is 22.8. The number of nitrogens with zero attached hydrogens (tertiary/aromatic N) is 1. The lowest BCUT2D eigenvalue weighted by Crippen LogP contribution is -2.58. The zero-order valence-electron chi connectivity index (χ0n) is 22.0. The highest BCUT2D eigenvalue weighted by Crippen LogP contribution is 2.09. The van der Waals surface area contributed by atoms with E-state index in [0.29, 0.717) is 11.4 Å². The van der Waals surface area contributed by atoms with E-state index < -0.39 is 47.9 Å². The van der Waals surface area contributed by atoms with Crippen molar-refractivity contribution >= 4 is 35.5 Å². The Hall–Kier alpha value is -3.38. The van der Waals surface area contributed by atoms with Crippen LogP contribution in [0.4, 0.5) is 0 Å². The van der Waals surface area contributed by atoms with Gasteiger partial charge in [-0.2, -0.15) is 11.8 Å². The summed E-state index contributed by atoms with van der Waals surface area (Å²) in [5.41, 5.74) is 7.61. The standard InChI is InChI=1S/C26H38N6O5S/c1-16(2)11-21(24(34)30-20(26(36)37)9-10-38-3)32-25(35)22(13-18-14-28-15-29-18)31-23(33)19(27)12-17-7-5-4-6-8-17/h4-8,14-16,19-22H,9-13,27H2,1-3H3,(H,28,29)(H,30,34)(H,31,33)(H,32,35)(H,36,37). The normalized spacial score (nSPS) is 14.2. The molecule has 0 spiro atoms. The van der Waals surface area contributed by atoms with Crippen molar-refractivity contribution in [2.45, 2.75) is 63.7 Å². The van der Waals surface area contributed by atoms with Gasteiger partial charge < -0.3 is 31.8 Å². The summed E-state index contributed by atoms with van der Waals surface area (Å²) in [5, 5.41) is 17.5. The second-order valence-electron chi connectivity index (χ2n) is 9.51. The molecule has 38 heavy (non-hydrogen) atoms. The van der Waals surface area contributed by atoms with Gasteiger partial charge in [0.15, 0.2) is 0 Å². The van der Waals surface area contributed by atoms with Gasteiger partial charge in [0.1, 0.15) is 18.1 Å². The fraction of sp³-hybridized carbons (Fsp3) is 0.500. The molecule has 2 aromatic rings. The van der Waals surface area contributed by atoms with Crippen molar-refractivity contribution in [2.75, 3.05) is 12.0 Å². The number of amides is 3. The van der Waals surface area contributed by atoms with E-state index in [9.17, 15) is 24.3 Å². The van der Waals surface area contributed by atoms with E-state index >= 15 is 0 Å². The predicted octanol–water partition coefficient (Wildman–Crippen LogP) is 0.860. The van der Waals surface area contributed by atoms with Gasteiger partial charge in [0.2, 0.25) is 17.7 Å². The number of rotatable bonds is 16. The first kappa shape index (κ1) is 30.8. The molecule has 0 radical (unpaired) electrons. The number of hydrogen-bond donors (Lipinski definition) is 6. The van der Waals surface area contributed by atoms with Gasteiger partial charge in [-0.15, -0.1) is 0 Å². The minimum atomic E-state index is -1.14. The number of nitrogens with two attached hydrogens (primary N) is 1. The Morgan fingerprint density at radius 1 is 0.974 bits per heavy atom. The lowest BCUT2D eigenvalue weighted by molar-refractivity contribution is -0.142. The maximum Gasteiger partial charge on any atom is 0.326 e. The zero-order chi connectivity index (χ0) is 28.1. The average Bonchev–Trinajstić information content (AvgIpc) is 3.38. The second-order valence-corrected chi connectivity index (χ2v) is 10.5. The van der Waals surface area contributed by atoms with Crippen LogP contribution in [-0.2, 0) is 32.0 Å². The molecule has 0 bridgehead atoms. The van der Waals surface area contributed by atoms with Crippen LogP contribution < -0.4 is 21.7 Å². The number of thioether (sulfide) groups is 1. The molecule has 0 aliphatic carbocycles. The van der Waals surface area contributed by atoms with Crippen molar-refractivity contribution in [1.29, 1.82) is 0 Å². The van der Waals surface area contributed by atoms with Crippen LogP contribution in [-0.4, -0.2) is 74.9 Å². The number of aliphatic carboxylic acids is 1. The Kier molecular flexibility index (Phi) is 12.8. The molecule has 0 fully saturated rings. The first-order valence-electron chi connectivity index (χ1n) is 12.5. The number of aromatic nitrogens is 2. The van der Waals surface area contributed by atoms with Crippen LogP contribution in [0.3, 0.4) is 0 Å². The number of benzene rings is 1. The summed E-state index contributed by atoms with van der Waals surface area (Å²) in [4.78, 5) is 57.8. The van der Waals surface area contributed by atoms with Crippen molar-refractivity contribution in [3.8, 4) is 0 Å². The fourth-order valence-corrected chi connectivity index (χ4v) is 4.28. The lowest BCUT2D eigenvalue weighted by Gasteiger charge is -2.26. The summed E-state index contributed by atoms with van der Waals surface area (Å²) in [6.07, 6.45) is 5.77. The van der Waals surface area contributed by atoms with E-state index in [1.165, 1.54) is 24.3 Å². The Labute approximate surface area is 227 Å². The predicted molar refractivity (Wildman–Crippen MR) is 146 cm³/mol. The molecule has 0 aliphatic rings. The van der Waals surface area contributed by atoms with E-state index in [0.717, 1.165) is 5.56 Å². The maximum absolute atomic E-state index is 13.4. The number of carbonyl (C=O) groups excluding carboxylic acids is 3. The molecule has 0 aliphatic heterocycles. The average molecular weight is 547 g/mol. The SMILES string of the molecule is CSCCC(NC(=O)C(CC(C)C)NC(=O)C(Cc1cnc[nH]1)NC(=O)C(N)Cc1ccccc1)C(=O)O. The van der Waals surface area contributed by atoms with Crippen LogP contribution in [0.2, 0.25) is 0 Å². The fourth-order valence-electron chi connectivity index (χ4n) is 3.81. The number of aromatic amines is 1. The van der Waals surface area contributed by atoms with Crippen LogP contribution in [0, 0.1) is 5.92 Å². The molecular formula is C26H38N6O5S. The van der Waals surface area contributed by atoms with Crippen LogP contribution in [0.5, 0.6) is 0 Å².